The molecule has 0 fully saturated rings. The summed E-state index contributed by atoms with van der Waals surface area (Å²) in [5.41, 5.74) is 2.27. The van der Waals surface area contributed by atoms with Gasteiger partial charge in [0.25, 0.3) is 0 Å². The largest absolute Gasteiger partial charge is 0.285 e. The molecule has 0 spiro atoms. The van der Waals surface area contributed by atoms with Crippen LogP contribution in [0.15, 0.2) is 91.0 Å². The Kier molecular flexibility index (Phi) is 3.92. The lowest BCUT2D eigenvalue weighted by molar-refractivity contribution is 0.102. The third kappa shape index (κ3) is 2.97. The second kappa shape index (κ2) is 6.53. The van der Waals surface area contributed by atoms with Crippen LogP contribution in [0.2, 0.25) is 0 Å². The highest BCUT2D eigenvalue weighted by molar-refractivity contribution is 6.07. The summed E-state index contributed by atoms with van der Waals surface area (Å²) in [6, 6.07) is 28.4. The lowest BCUT2D eigenvalue weighted by Crippen LogP contribution is -2.11. The maximum atomic E-state index is 13.0. The SMILES string of the molecule is O=C(c1ccccc1)c1nc(-c2ccccc2)nn1-c1ccccc1. The zero-order chi connectivity index (χ0) is 17.1. The van der Waals surface area contributed by atoms with Crippen LogP contribution in [0.4, 0.5) is 0 Å². The average molecular weight is 325 g/mol. The van der Waals surface area contributed by atoms with Crippen molar-refractivity contribution in [2.24, 2.45) is 0 Å². The van der Waals surface area contributed by atoms with E-state index in [4.69, 9.17) is 0 Å². The van der Waals surface area contributed by atoms with Crippen molar-refractivity contribution in [3.63, 3.8) is 0 Å². The molecule has 1 aromatic heterocycles. The lowest BCUT2D eigenvalue weighted by atomic mass is 10.1. The first kappa shape index (κ1) is 15.0. The number of hydrogen-bond acceptors (Lipinski definition) is 3. The molecule has 0 aliphatic carbocycles. The number of rotatable bonds is 4. The summed E-state index contributed by atoms with van der Waals surface area (Å²) in [4.78, 5) is 17.5. The number of carbonyl (C=O) groups is 1. The van der Waals surface area contributed by atoms with Crippen molar-refractivity contribution < 1.29 is 4.79 Å². The van der Waals surface area contributed by atoms with E-state index in [1.165, 1.54) is 0 Å². The lowest BCUT2D eigenvalue weighted by Gasteiger charge is -2.04. The Morgan fingerprint density at radius 2 is 1.28 bits per heavy atom. The zero-order valence-corrected chi connectivity index (χ0v) is 13.4. The van der Waals surface area contributed by atoms with Crippen LogP contribution in [0.1, 0.15) is 16.2 Å². The third-order valence-electron chi connectivity index (χ3n) is 3.88. The Morgan fingerprint density at radius 1 is 0.720 bits per heavy atom. The maximum Gasteiger partial charge on any atom is 0.230 e. The zero-order valence-electron chi connectivity index (χ0n) is 13.4. The van der Waals surface area contributed by atoms with E-state index >= 15 is 0 Å². The van der Waals surface area contributed by atoms with Gasteiger partial charge in [0.2, 0.25) is 11.6 Å². The van der Waals surface area contributed by atoms with Crippen molar-refractivity contribution in [3.05, 3.63) is 102 Å². The predicted octanol–water partition coefficient (Wildman–Crippen LogP) is 4.17. The van der Waals surface area contributed by atoms with Gasteiger partial charge in [-0.05, 0) is 12.1 Å². The number of hydrogen-bond donors (Lipinski definition) is 0. The number of nitrogens with zero attached hydrogens (tertiary/aromatic N) is 3. The minimum absolute atomic E-state index is 0.154. The van der Waals surface area contributed by atoms with Crippen molar-refractivity contribution in [1.82, 2.24) is 14.8 Å². The Hall–Kier alpha value is -3.53. The van der Waals surface area contributed by atoms with Crippen LogP contribution in [0.3, 0.4) is 0 Å². The van der Waals surface area contributed by atoms with Gasteiger partial charge < -0.3 is 0 Å². The highest BCUT2D eigenvalue weighted by Gasteiger charge is 2.20. The van der Waals surface area contributed by atoms with E-state index in [1.807, 2.05) is 78.9 Å². The van der Waals surface area contributed by atoms with Gasteiger partial charge in [-0.1, -0.05) is 78.9 Å². The van der Waals surface area contributed by atoms with E-state index in [-0.39, 0.29) is 5.78 Å². The van der Waals surface area contributed by atoms with Gasteiger partial charge in [0.15, 0.2) is 5.82 Å². The molecular formula is C21H15N3O. The smallest absolute Gasteiger partial charge is 0.230 e. The van der Waals surface area contributed by atoms with Crippen LogP contribution in [0.5, 0.6) is 0 Å². The van der Waals surface area contributed by atoms with E-state index in [0.717, 1.165) is 11.3 Å². The van der Waals surface area contributed by atoms with E-state index in [1.54, 1.807) is 16.8 Å². The van der Waals surface area contributed by atoms with E-state index in [0.29, 0.717) is 17.2 Å². The van der Waals surface area contributed by atoms with E-state index in [9.17, 15) is 4.79 Å². The predicted molar refractivity (Wildman–Crippen MR) is 96.7 cm³/mol. The average Bonchev–Trinajstić information content (AvgIpc) is 3.15. The molecule has 0 unspecified atom stereocenters. The molecule has 0 saturated heterocycles. The summed E-state index contributed by atoms with van der Waals surface area (Å²) in [7, 11) is 0. The van der Waals surface area contributed by atoms with Gasteiger partial charge in [-0.25, -0.2) is 9.67 Å². The van der Waals surface area contributed by atoms with Gasteiger partial charge >= 0.3 is 0 Å². The van der Waals surface area contributed by atoms with Gasteiger partial charge in [0, 0.05) is 11.1 Å². The third-order valence-corrected chi connectivity index (χ3v) is 3.88. The first-order valence-corrected chi connectivity index (χ1v) is 8.00. The molecule has 4 heteroatoms. The Labute approximate surface area is 145 Å². The fourth-order valence-corrected chi connectivity index (χ4v) is 2.64. The summed E-state index contributed by atoms with van der Waals surface area (Å²) in [6.07, 6.45) is 0. The fourth-order valence-electron chi connectivity index (χ4n) is 2.64. The molecule has 120 valence electrons. The number of benzene rings is 3. The minimum Gasteiger partial charge on any atom is -0.285 e. The molecule has 1 heterocycles. The molecule has 0 N–H and O–H groups in total. The quantitative estimate of drug-likeness (QED) is 0.529. The topological polar surface area (TPSA) is 47.8 Å². The Bertz CT molecular complexity index is 993. The van der Waals surface area contributed by atoms with Crippen LogP contribution in [-0.2, 0) is 0 Å². The Balaban J connectivity index is 1.87. The van der Waals surface area contributed by atoms with Gasteiger partial charge in [0.1, 0.15) is 0 Å². The molecule has 3 aromatic carbocycles. The van der Waals surface area contributed by atoms with Gasteiger partial charge in [0.05, 0.1) is 5.69 Å². The molecule has 0 amide bonds. The summed E-state index contributed by atoms with van der Waals surface area (Å²) in [5, 5.41) is 4.58. The molecular weight excluding hydrogens is 310 g/mol. The molecule has 0 aliphatic rings. The van der Waals surface area contributed by atoms with Crippen LogP contribution < -0.4 is 0 Å². The van der Waals surface area contributed by atoms with Crippen molar-refractivity contribution in [1.29, 1.82) is 0 Å². The van der Waals surface area contributed by atoms with Crippen LogP contribution in [-0.4, -0.2) is 20.5 Å². The molecule has 0 aliphatic heterocycles. The Morgan fingerprint density at radius 3 is 1.92 bits per heavy atom. The normalized spacial score (nSPS) is 10.6. The molecule has 0 saturated carbocycles. The molecule has 25 heavy (non-hydrogen) atoms. The summed E-state index contributed by atoms with van der Waals surface area (Å²) >= 11 is 0. The molecule has 4 nitrogen and oxygen atoms in total. The van der Waals surface area contributed by atoms with Crippen LogP contribution in [0.25, 0.3) is 17.1 Å². The number of aromatic nitrogens is 3. The second-order valence-electron chi connectivity index (χ2n) is 5.57. The van der Waals surface area contributed by atoms with Crippen molar-refractivity contribution >= 4 is 5.78 Å². The monoisotopic (exact) mass is 325 g/mol. The van der Waals surface area contributed by atoms with Crippen LogP contribution >= 0.6 is 0 Å². The van der Waals surface area contributed by atoms with E-state index < -0.39 is 0 Å². The van der Waals surface area contributed by atoms with E-state index in [2.05, 4.69) is 10.1 Å². The summed E-state index contributed by atoms with van der Waals surface area (Å²) in [5.74, 6) is 0.680. The summed E-state index contributed by atoms with van der Waals surface area (Å²) in [6.45, 7) is 0. The van der Waals surface area contributed by atoms with Gasteiger partial charge in [-0.15, -0.1) is 5.10 Å². The van der Waals surface area contributed by atoms with Crippen molar-refractivity contribution in [2.45, 2.75) is 0 Å². The highest BCUT2D eigenvalue weighted by atomic mass is 16.1. The molecule has 0 atom stereocenters. The molecule has 0 radical (unpaired) electrons. The minimum atomic E-state index is -0.154. The van der Waals surface area contributed by atoms with Crippen molar-refractivity contribution in [2.75, 3.05) is 0 Å². The standard InChI is InChI=1S/C21H15N3O/c25-19(16-10-4-1-5-11-16)21-22-20(17-12-6-2-7-13-17)23-24(21)18-14-8-3-9-15-18/h1-15H. The summed E-state index contributed by atoms with van der Waals surface area (Å²) < 4.78 is 1.61. The highest BCUT2D eigenvalue weighted by Crippen LogP contribution is 2.20. The molecule has 4 aromatic rings. The van der Waals surface area contributed by atoms with Crippen LogP contribution in [0, 0.1) is 0 Å². The first-order valence-electron chi connectivity index (χ1n) is 8.00. The first-order chi connectivity index (χ1) is 12.3. The number of para-hydroxylation sites is 1. The fraction of sp³-hybridized carbons (Fsp3) is 0. The molecule has 0 bridgehead atoms. The second-order valence-corrected chi connectivity index (χ2v) is 5.57. The van der Waals surface area contributed by atoms with Crippen molar-refractivity contribution in [3.8, 4) is 17.1 Å². The van der Waals surface area contributed by atoms with Gasteiger partial charge in [-0.2, -0.15) is 0 Å². The maximum absolute atomic E-state index is 13.0. The number of ketones is 1. The molecule has 4 rings (SSSR count). The number of carbonyl (C=O) groups excluding carboxylic acids is 1. The van der Waals surface area contributed by atoms with Gasteiger partial charge in [-0.3, -0.25) is 4.79 Å².